The molecule has 2 aromatic carbocycles. The number of oxime groups is 1. The Balaban J connectivity index is 1.77. The Morgan fingerprint density at radius 3 is 2.63 bits per heavy atom. The Morgan fingerprint density at radius 2 is 2.03 bits per heavy atom. The van der Waals surface area contributed by atoms with E-state index in [0.717, 1.165) is 4.90 Å². The first kappa shape index (κ1) is 21.7. The molecule has 0 amide bonds. The van der Waals surface area contributed by atoms with E-state index in [1.54, 1.807) is 31.2 Å². The lowest BCUT2D eigenvalue weighted by atomic mass is 10.1. The predicted octanol–water partition coefficient (Wildman–Crippen LogP) is 4.50. The molecule has 1 aliphatic rings. The Labute approximate surface area is 175 Å². The minimum Gasteiger partial charge on any atom is -0.491 e. The molecule has 0 radical (unpaired) electrons. The van der Waals surface area contributed by atoms with E-state index in [-0.39, 0.29) is 29.4 Å². The highest BCUT2D eigenvalue weighted by atomic mass is 35.5. The molecule has 0 saturated carbocycles. The number of hydrogen-bond donors (Lipinski definition) is 1. The summed E-state index contributed by atoms with van der Waals surface area (Å²) < 4.78 is 51.6. The van der Waals surface area contributed by atoms with Crippen LogP contribution in [0.2, 0.25) is 5.02 Å². The van der Waals surface area contributed by atoms with Gasteiger partial charge in [0.15, 0.2) is 0 Å². The van der Waals surface area contributed by atoms with Crippen molar-refractivity contribution in [2.45, 2.75) is 25.4 Å². The van der Waals surface area contributed by atoms with E-state index in [9.17, 15) is 13.2 Å². The van der Waals surface area contributed by atoms with Gasteiger partial charge in [-0.3, -0.25) is 0 Å². The third kappa shape index (κ3) is 4.61. The van der Waals surface area contributed by atoms with Gasteiger partial charge in [0.05, 0.1) is 23.3 Å². The largest absolute Gasteiger partial charge is 0.491 e. The molecule has 0 spiro atoms. The smallest absolute Gasteiger partial charge is 0.433 e. The highest BCUT2D eigenvalue weighted by Crippen LogP contribution is 2.38. The lowest BCUT2D eigenvalue weighted by molar-refractivity contribution is -0.215. The van der Waals surface area contributed by atoms with Crippen LogP contribution in [-0.2, 0) is 4.74 Å². The summed E-state index contributed by atoms with van der Waals surface area (Å²) in [5.74, 6) is 0.438. The molecule has 2 atom stereocenters. The molecule has 30 heavy (non-hydrogen) atoms. The summed E-state index contributed by atoms with van der Waals surface area (Å²) in [5, 5.41) is 20.6. The third-order valence-corrected chi connectivity index (χ3v) is 5.08. The monoisotopic (exact) mass is 439 g/mol. The summed E-state index contributed by atoms with van der Waals surface area (Å²) in [5.41, 5.74) is 1.45. The molecule has 0 aromatic heterocycles. The molecule has 0 aliphatic carbocycles. The van der Waals surface area contributed by atoms with E-state index < -0.39 is 18.5 Å². The first-order valence-corrected chi connectivity index (χ1v) is 9.20. The van der Waals surface area contributed by atoms with Crippen LogP contribution >= 0.6 is 11.6 Å². The molecule has 2 aromatic rings. The molecule has 0 bridgehead atoms. The molecule has 6 nitrogen and oxygen atoms in total. The molecule has 1 fully saturated rings. The maximum atomic E-state index is 13.6. The Hall–Kier alpha value is -2.96. The maximum absolute atomic E-state index is 13.6. The van der Waals surface area contributed by atoms with Crippen molar-refractivity contribution in [3.8, 4) is 11.8 Å². The van der Waals surface area contributed by atoms with E-state index in [1.807, 2.05) is 6.07 Å². The lowest BCUT2D eigenvalue weighted by Crippen LogP contribution is -2.42. The van der Waals surface area contributed by atoms with E-state index in [2.05, 4.69) is 5.16 Å². The fourth-order valence-corrected chi connectivity index (χ4v) is 3.36. The van der Waals surface area contributed by atoms with Crippen LogP contribution in [0.3, 0.4) is 0 Å². The van der Waals surface area contributed by atoms with Crippen molar-refractivity contribution in [2.75, 3.05) is 18.1 Å². The zero-order valence-electron chi connectivity index (χ0n) is 15.7. The van der Waals surface area contributed by atoms with Crippen LogP contribution in [-0.4, -0.2) is 43.1 Å². The van der Waals surface area contributed by atoms with Gasteiger partial charge in [-0.2, -0.15) is 18.4 Å². The zero-order chi connectivity index (χ0) is 21.9. The minimum atomic E-state index is -4.63. The van der Waals surface area contributed by atoms with Crippen LogP contribution in [0.5, 0.6) is 5.75 Å². The lowest BCUT2D eigenvalue weighted by Gasteiger charge is -2.28. The first-order valence-electron chi connectivity index (χ1n) is 8.83. The second-order valence-electron chi connectivity index (χ2n) is 6.61. The average molecular weight is 440 g/mol. The number of nitriles is 1. The molecule has 158 valence electrons. The molecule has 1 N–H and O–H groups in total. The number of benzene rings is 2. The van der Waals surface area contributed by atoms with Gasteiger partial charge >= 0.3 is 6.18 Å². The van der Waals surface area contributed by atoms with Crippen molar-refractivity contribution >= 4 is 23.5 Å². The zero-order valence-corrected chi connectivity index (χ0v) is 16.5. The van der Waals surface area contributed by atoms with Crippen molar-refractivity contribution in [1.82, 2.24) is 0 Å². The highest BCUT2D eigenvalue weighted by Gasteiger charge is 2.51. The van der Waals surface area contributed by atoms with Gasteiger partial charge in [-0.05, 0) is 54.4 Å². The summed E-state index contributed by atoms with van der Waals surface area (Å²) >= 11 is 6.13. The van der Waals surface area contributed by atoms with Crippen molar-refractivity contribution in [3.05, 3.63) is 58.1 Å². The normalized spacial score (nSPS) is 19.3. The van der Waals surface area contributed by atoms with Crippen molar-refractivity contribution in [1.29, 1.82) is 5.26 Å². The Bertz CT molecular complexity index is 974. The molecule has 3 rings (SSSR count). The number of alkyl halides is 3. The summed E-state index contributed by atoms with van der Waals surface area (Å²) in [4.78, 5) is 1.08. The summed E-state index contributed by atoms with van der Waals surface area (Å²) in [6.45, 7) is 1.40. The van der Waals surface area contributed by atoms with E-state index >= 15 is 0 Å². The number of rotatable bonds is 5. The van der Waals surface area contributed by atoms with Gasteiger partial charge in [-0.25, -0.2) is 0 Å². The quantitative estimate of drug-likeness (QED) is 0.421. The molecule has 1 heterocycles. The third-order valence-electron chi connectivity index (χ3n) is 4.60. The molecule has 0 unspecified atom stereocenters. The van der Waals surface area contributed by atoms with Crippen molar-refractivity contribution in [2.24, 2.45) is 5.16 Å². The molecular weight excluding hydrogens is 423 g/mol. The Morgan fingerprint density at radius 1 is 1.33 bits per heavy atom. The average Bonchev–Trinajstić information content (AvgIpc) is 3.14. The van der Waals surface area contributed by atoms with E-state index in [4.69, 9.17) is 31.5 Å². The predicted molar refractivity (Wildman–Crippen MR) is 104 cm³/mol. The van der Waals surface area contributed by atoms with Gasteiger partial charge in [0.1, 0.15) is 24.5 Å². The minimum absolute atomic E-state index is 0.0670. The van der Waals surface area contributed by atoms with Crippen molar-refractivity contribution < 1.29 is 27.9 Å². The van der Waals surface area contributed by atoms with E-state index in [1.165, 1.54) is 18.3 Å². The number of hydrogen-bond acceptors (Lipinski definition) is 6. The van der Waals surface area contributed by atoms with Gasteiger partial charge < -0.3 is 19.6 Å². The Kier molecular flexibility index (Phi) is 6.39. The van der Waals surface area contributed by atoms with Gasteiger partial charge in [-0.1, -0.05) is 16.8 Å². The van der Waals surface area contributed by atoms with Crippen LogP contribution < -0.4 is 9.64 Å². The SMILES string of the molecule is Cc1c(N2C[C@@H](COc3ccc(C=NO)cc3)O[C@@H]2C(F)(F)F)ccc(C#N)c1Cl. The summed E-state index contributed by atoms with van der Waals surface area (Å²) in [6, 6.07) is 11.2. The standard InChI is InChI=1S/C20H17ClF3N3O3/c1-12-17(7-4-14(8-25)18(12)21)27-10-16(30-19(27)20(22,23)24)11-29-15-5-2-13(3-6-15)9-26-28/h2-7,9,16,19,28H,10-11H2,1H3/t16-,19+/m0/s1. The van der Waals surface area contributed by atoms with Gasteiger partial charge in [0.2, 0.25) is 6.23 Å². The van der Waals surface area contributed by atoms with Crippen LogP contribution in [0.15, 0.2) is 41.6 Å². The van der Waals surface area contributed by atoms with Crippen molar-refractivity contribution in [3.63, 3.8) is 0 Å². The topological polar surface area (TPSA) is 78.1 Å². The molecule has 10 heteroatoms. The molecular formula is C20H17ClF3N3O3. The van der Waals surface area contributed by atoms with Gasteiger partial charge in [0, 0.05) is 5.69 Å². The van der Waals surface area contributed by atoms with Crippen LogP contribution in [0, 0.1) is 18.3 Å². The van der Waals surface area contributed by atoms with Crippen LogP contribution in [0.4, 0.5) is 18.9 Å². The fourth-order valence-electron chi connectivity index (χ4n) is 3.16. The van der Waals surface area contributed by atoms with Gasteiger partial charge in [-0.15, -0.1) is 0 Å². The molecule has 1 saturated heterocycles. The number of nitrogens with zero attached hydrogens (tertiary/aromatic N) is 3. The fraction of sp³-hybridized carbons (Fsp3) is 0.300. The highest BCUT2D eigenvalue weighted by molar-refractivity contribution is 6.32. The first-order chi connectivity index (χ1) is 14.2. The number of ether oxygens (including phenoxy) is 2. The number of anilines is 1. The second-order valence-corrected chi connectivity index (χ2v) is 6.99. The summed E-state index contributed by atoms with van der Waals surface area (Å²) in [6.07, 6.45) is -6.39. The molecule has 1 aliphatic heterocycles. The maximum Gasteiger partial charge on any atom is 0.433 e. The van der Waals surface area contributed by atoms with Gasteiger partial charge in [0.25, 0.3) is 0 Å². The van der Waals surface area contributed by atoms with Crippen LogP contribution in [0.1, 0.15) is 16.7 Å². The second kappa shape index (κ2) is 8.81. The summed E-state index contributed by atoms with van der Waals surface area (Å²) in [7, 11) is 0. The van der Waals surface area contributed by atoms with Crippen LogP contribution in [0.25, 0.3) is 0 Å². The van der Waals surface area contributed by atoms with E-state index in [0.29, 0.717) is 16.9 Å². The number of halogens is 4.